The number of rotatable bonds is 8. The topological polar surface area (TPSA) is 107 Å². The molecule has 0 spiro atoms. The second-order valence-electron chi connectivity index (χ2n) is 8.32. The van der Waals surface area contributed by atoms with Crippen molar-refractivity contribution in [3.63, 3.8) is 0 Å². The first-order valence-electron chi connectivity index (χ1n) is 11.6. The van der Waals surface area contributed by atoms with Crippen molar-refractivity contribution in [1.82, 2.24) is 9.88 Å². The van der Waals surface area contributed by atoms with E-state index in [9.17, 15) is 14.0 Å². The van der Waals surface area contributed by atoms with Crippen LogP contribution in [0.4, 0.5) is 10.1 Å². The van der Waals surface area contributed by atoms with Gasteiger partial charge in [0.25, 0.3) is 5.91 Å². The fourth-order valence-corrected chi connectivity index (χ4v) is 3.87. The number of pyridine rings is 1. The number of primary amides is 1. The third-order valence-electron chi connectivity index (χ3n) is 5.67. The van der Waals surface area contributed by atoms with Gasteiger partial charge >= 0.3 is 0 Å². The molecule has 8 nitrogen and oxygen atoms in total. The minimum atomic E-state index is -0.668. The Kier molecular flexibility index (Phi) is 7.79. The summed E-state index contributed by atoms with van der Waals surface area (Å²) in [5, 5.41) is 3.37. The fourth-order valence-electron chi connectivity index (χ4n) is 3.87. The van der Waals surface area contributed by atoms with E-state index in [2.05, 4.69) is 10.3 Å². The summed E-state index contributed by atoms with van der Waals surface area (Å²) in [6.45, 7) is 3.12. The normalized spacial score (nSPS) is 14.0. The maximum absolute atomic E-state index is 13.3. The standard InChI is InChI=1S/C27H27FN4O4/c1-2-4-25(33)32-13-11-19(12-14-32)31-20-16-24(26(29)34)27(30-17-20)36-22-9-7-21(8-10-22)35-23-6-3-5-18(28)15-23/h2-10,15-17,19,31H,11-14H2,1H3,(H2,29,34)/b4-2+. The SMILES string of the molecule is C/C=C/C(=O)N1CCC(Nc2cnc(Oc3ccc(Oc4cccc(F)c4)cc3)c(C(N)=O)c2)CC1. The molecule has 36 heavy (non-hydrogen) atoms. The van der Waals surface area contributed by atoms with Gasteiger partial charge in [-0.1, -0.05) is 12.1 Å². The van der Waals surface area contributed by atoms with Crippen LogP contribution in [0.25, 0.3) is 0 Å². The van der Waals surface area contributed by atoms with Crippen molar-refractivity contribution in [2.75, 3.05) is 18.4 Å². The Morgan fingerprint density at radius 1 is 1.06 bits per heavy atom. The van der Waals surface area contributed by atoms with E-state index >= 15 is 0 Å². The molecule has 2 heterocycles. The monoisotopic (exact) mass is 490 g/mol. The van der Waals surface area contributed by atoms with Gasteiger partial charge in [0.2, 0.25) is 11.8 Å². The largest absolute Gasteiger partial charge is 0.457 e. The van der Waals surface area contributed by atoms with E-state index in [4.69, 9.17) is 15.2 Å². The van der Waals surface area contributed by atoms with Crippen LogP contribution in [-0.4, -0.2) is 40.8 Å². The fraction of sp³-hybridized carbons (Fsp3) is 0.222. The Labute approximate surface area is 208 Å². The van der Waals surface area contributed by atoms with Crippen molar-refractivity contribution in [3.8, 4) is 23.1 Å². The Bertz CT molecular complexity index is 1250. The second-order valence-corrected chi connectivity index (χ2v) is 8.32. The van der Waals surface area contributed by atoms with Gasteiger partial charge in [0.05, 0.1) is 11.9 Å². The molecule has 9 heteroatoms. The zero-order chi connectivity index (χ0) is 25.5. The first-order chi connectivity index (χ1) is 17.4. The number of allylic oxidation sites excluding steroid dienone is 1. The molecule has 0 radical (unpaired) electrons. The quantitative estimate of drug-likeness (QED) is 0.436. The molecular weight excluding hydrogens is 463 g/mol. The average molecular weight is 491 g/mol. The van der Waals surface area contributed by atoms with Crippen molar-refractivity contribution in [3.05, 3.63) is 84.3 Å². The first-order valence-corrected chi connectivity index (χ1v) is 11.6. The van der Waals surface area contributed by atoms with Crippen molar-refractivity contribution >= 4 is 17.5 Å². The van der Waals surface area contributed by atoms with E-state index in [0.717, 1.165) is 12.8 Å². The molecule has 3 aromatic rings. The molecule has 2 aromatic carbocycles. The number of piperidine rings is 1. The summed E-state index contributed by atoms with van der Waals surface area (Å²) in [6, 6.07) is 14.2. The van der Waals surface area contributed by atoms with Crippen LogP contribution in [0.5, 0.6) is 23.1 Å². The number of nitrogens with two attached hydrogens (primary N) is 1. The molecule has 0 bridgehead atoms. The number of benzene rings is 2. The van der Waals surface area contributed by atoms with E-state index in [0.29, 0.717) is 36.0 Å². The molecule has 186 valence electrons. The highest BCUT2D eigenvalue weighted by molar-refractivity contribution is 5.96. The maximum Gasteiger partial charge on any atom is 0.254 e. The zero-order valence-corrected chi connectivity index (χ0v) is 19.8. The van der Waals surface area contributed by atoms with Crippen LogP contribution in [0.3, 0.4) is 0 Å². The Balaban J connectivity index is 1.39. The number of aromatic nitrogens is 1. The van der Waals surface area contributed by atoms with E-state index in [-0.39, 0.29) is 29.2 Å². The Morgan fingerprint density at radius 3 is 2.39 bits per heavy atom. The number of halogens is 1. The van der Waals surface area contributed by atoms with Gasteiger partial charge in [0, 0.05) is 25.2 Å². The van der Waals surface area contributed by atoms with Gasteiger partial charge in [-0.2, -0.15) is 0 Å². The molecule has 0 aliphatic carbocycles. The molecule has 0 saturated carbocycles. The van der Waals surface area contributed by atoms with Crippen LogP contribution < -0.4 is 20.5 Å². The zero-order valence-electron chi connectivity index (χ0n) is 19.8. The molecule has 1 aliphatic heterocycles. The number of nitrogens with one attached hydrogen (secondary N) is 1. The predicted octanol–water partition coefficient (Wildman–Crippen LogP) is 4.88. The van der Waals surface area contributed by atoms with Crippen LogP contribution in [0, 0.1) is 5.82 Å². The number of carbonyl (C=O) groups is 2. The van der Waals surface area contributed by atoms with Crippen LogP contribution in [-0.2, 0) is 4.79 Å². The number of hydrogen-bond donors (Lipinski definition) is 2. The lowest BCUT2D eigenvalue weighted by Gasteiger charge is -2.32. The number of ether oxygens (including phenoxy) is 2. The van der Waals surface area contributed by atoms with E-state index < -0.39 is 5.91 Å². The van der Waals surface area contributed by atoms with Crippen molar-refractivity contribution in [1.29, 1.82) is 0 Å². The maximum atomic E-state index is 13.3. The summed E-state index contributed by atoms with van der Waals surface area (Å²) in [5.41, 5.74) is 6.37. The molecular formula is C27H27FN4O4. The van der Waals surface area contributed by atoms with E-state index in [1.54, 1.807) is 60.8 Å². The third-order valence-corrected chi connectivity index (χ3v) is 5.67. The summed E-state index contributed by atoms with van der Waals surface area (Å²) < 4.78 is 24.8. The molecule has 2 amide bonds. The lowest BCUT2D eigenvalue weighted by molar-refractivity contribution is -0.126. The number of hydrogen-bond acceptors (Lipinski definition) is 6. The second kappa shape index (κ2) is 11.4. The van der Waals surface area contributed by atoms with E-state index in [1.807, 2.05) is 11.8 Å². The highest BCUT2D eigenvalue weighted by Crippen LogP contribution is 2.29. The Hall–Kier alpha value is -4.40. The summed E-state index contributed by atoms with van der Waals surface area (Å²) in [5.74, 6) is 0.339. The van der Waals surface area contributed by atoms with Gasteiger partial charge in [-0.3, -0.25) is 9.59 Å². The van der Waals surface area contributed by atoms with Crippen molar-refractivity contribution < 1.29 is 23.5 Å². The van der Waals surface area contributed by atoms with Gasteiger partial charge in [-0.05, 0) is 68.3 Å². The van der Waals surface area contributed by atoms with Crippen molar-refractivity contribution in [2.24, 2.45) is 5.73 Å². The number of nitrogens with zero attached hydrogens (tertiary/aromatic N) is 2. The summed E-state index contributed by atoms with van der Waals surface area (Å²) >= 11 is 0. The van der Waals surface area contributed by atoms with Gasteiger partial charge in [0.15, 0.2) is 0 Å². The molecule has 0 atom stereocenters. The lowest BCUT2D eigenvalue weighted by atomic mass is 10.0. The lowest BCUT2D eigenvalue weighted by Crippen LogP contribution is -2.41. The summed E-state index contributed by atoms with van der Waals surface area (Å²) in [6.07, 6.45) is 6.44. The van der Waals surface area contributed by atoms with Crippen LogP contribution in [0.2, 0.25) is 0 Å². The molecule has 1 saturated heterocycles. The molecule has 3 N–H and O–H groups in total. The first kappa shape index (κ1) is 24.7. The van der Waals surface area contributed by atoms with Crippen LogP contribution in [0.1, 0.15) is 30.1 Å². The molecule has 1 aromatic heterocycles. The van der Waals surface area contributed by atoms with Gasteiger partial charge in [-0.25, -0.2) is 9.37 Å². The van der Waals surface area contributed by atoms with Crippen LogP contribution in [0.15, 0.2) is 72.9 Å². The smallest absolute Gasteiger partial charge is 0.254 e. The molecule has 1 fully saturated rings. The van der Waals surface area contributed by atoms with Gasteiger partial charge in [-0.15, -0.1) is 0 Å². The van der Waals surface area contributed by atoms with Crippen LogP contribution >= 0.6 is 0 Å². The third kappa shape index (κ3) is 6.38. The minimum Gasteiger partial charge on any atom is -0.457 e. The highest BCUT2D eigenvalue weighted by Gasteiger charge is 2.22. The predicted molar refractivity (Wildman–Crippen MR) is 134 cm³/mol. The average Bonchev–Trinajstić information content (AvgIpc) is 2.86. The van der Waals surface area contributed by atoms with Gasteiger partial charge in [0.1, 0.15) is 28.6 Å². The number of amides is 2. The molecule has 0 unspecified atom stereocenters. The number of anilines is 1. The summed E-state index contributed by atoms with van der Waals surface area (Å²) in [7, 11) is 0. The molecule has 4 rings (SSSR count). The number of likely N-dealkylation sites (tertiary alicyclic amines) is 1. The minimum absolute atomic E-state index is 0.0173. The summed E-state index contributed by atoms with van der Waals surface area (Å²) in [4.78, 5) is 30.2. The highest BCUT2D eigenvalue weighted by atomic mass is 19.1. The number of carbonyl (C=O) groups excluding carboxylic acids is 2. The Morgan fingerprint density at radius 2 is 1.75 bits per heavy atom. The van der Waals surface area contributed by atoms with Crippen molar-refractivity contribution in [2.45, 2.75) is 25.8 Å². The molecule has 1 aliphatic rings. The van der Waals surface area contributed by atoms with Gasteiger partial charge < -0.3 is 25.4 Å². The van der Waals surface area contributed by atoms with E-state index in [1.165, 1.54) is 12.1 Å².